The molecule has 2 aromatic heterocycles. The highest BCUT2D eigenvalue weighted by molar-refractivity contribution is 5.96. The molecule has 3 N–H and O–H groups in total. The SMILES string of the molecule is Cc1cccn2c(CN)c(-c3ccc4c(c3)NC(=O)CO4)nc12. The van der Waals surface area contributed by atoms with Crippen molar-refractivity contribution in [2.75, 3.05) is 11.9 Å². The summed E-state index contributed by atoms with van der Waals surface area (Å²) in [6.45, 7) is 2.45. The molecule has 4 rings (SSSR count). The van der Waals surface area contributed by atoms with E-state index in [-0.39, 0.29) is 12.5 Å². The number of aryl methyl sites for hydroxylation is 1. The lowest BCUT2D eigenvalue weighted by molar-refractivity contribution is -0.118. The van der Waals surface area contributed by atoms with Crippen molar-refractivity contribution in [1.82, 2.24) is 9.38 Å². The van der Waals surface area contributed by atoms with Crippen molar-refractivity contribution >= 4 is 17.2 Å². The number of pyridine rings is 1. The van der Waals surface area contributed by atoms with Crippen LogP contribution in [0.4, 0.5) is 5.69 Å². The molecule has 6 nitrogen and oxygen atoms in total. The maximum atomic E-state index is 11.5. The van der Waals surface area contributed by atoms with Crippen LogP contribution in [0.2, 0.25) is 0 Å². The summed E-state index contributed by atoms with van der Waals surface area (Å²) in [4.78, 5) is 16.3. The van der Waals surface area contributed by atoms with Crippen LogP contribution in [0.15, 0.2) is 36.5 Å². The number of ether oxygens (including phenoxy) is 1. The molecule has 0 bridgehead atoms. The molecular weight excluding hydrogens is 292 g/mol. The zero-order valence-electron chi connectivity index (χ0n) is 12.7. The van der Waals surface area contributed by atoms with Crippen LogP contribution < -0.4 is 15.8 Å². The van der Waals surface area contributed by atoms with E-state index in [4.69, 9.17) is 15.5 Å². The first kappa shape index (κ1) is 13.8. The molecular formula is C17H16N4O2. The molecule has 0 saturated heterocycles. The molecule has 3 heterocycles. The summed E-state index contributed by atoms with van der Waals surface area (Å²) in [5, 5.41) is 2.82. The zero-order valence-corrected chi connectivity index (χ0v) is 12.7. The Labute approximate surface area is 132 Å². The van der Waals surface area contributed by atoms with Crippen LogP contribution in [-0.2, 0) is 11.3 Å². The smallest absolute Gasteiger partial charge is 0.262 e. The molecule has 0 fully saturated rings. The molecule has 6 heteroatoms. The van der Waals surface area contributed by atoms with Gasteiger partial charge in [-0.3, -0.25) is 4.79 Å². The minimum absolute atomic E-state index is 0.0496. The number of anilines is 1. The zero-order chi connectivity index (χ0) is 16.0. The Hall–Kier alpha value is -2.86. The van der Waals surface area contributed by atoms with Crippen LogP contribution in [-0.4, -0.2) is 21.9 Å². The number of aromatic nitrogens is 2. The Morgan fingerprint density at radius 2 is 2.26 bits per heavy atom. The minimum Gasteiger partial charge on any atom is -0.482 e. The van der Waals surface area contributed by atoms with Crippen LogP contribution in [0, 0.1) is 6.92 Å². The average molecular weight is 308 g/mol. The number of amides is 1. The molecule has 0 spiro atoms. The Kier molecular flexibility index (Phi) is 3.06. The van der Waals surface area contributed by atoms with E-state index in [1.807, 2.05) is 47.9 Å². The van der Waals surface area contributed by atoms with Crippen molar-refractivity contribution in [1.29, 1.82) is 0 Å². The third-order valence-electron chi connectivity index (χ3n) is 4.02. The number of nitrogens with two attached hydrogens (primary N) is 1. The predicted molar refractivity (Wildman–Crippen MR) is 87.4 cm³/mol. The van der Waals surface area contributed by atoms with E-state index in [0.29, 0.717) is 18.0 Å². The highest BCUT2D eigenvalue weighted by Gasteiger charge is 2.19. The molecule has 1 aliphatic heterocycles. The standard InChI is InChI=1S/C17H16N4O2/c1-10-3-2-6-21-13(8-18)16(20-17(10)21)11-4-5-14-12(7-11)19-15(22)9-23-14/h2-7H,8-9,18H2,1H3,(H,19,22). The van der Waals surface area contributed by atoms with Crippen molar-refractivity contribution in [3.63, 3.8) is 0 Å². The lowest BCUT2D eigenvalue weighted by Crippen LogP contribution is -2.25. The van der Waals surface area contributed by atoms with Crippen LogP contribution in [0.1, 0.15) is 11.3 Å². The van der Waals surface area contributed by atoms with Crippen molar-refractivity contribution < 1.29 is 9.53 Å². The molecule has 0 unspecified atom stereocenters. The third kappa shape index (κ3) is 2.15. The Morgan fingerprint density at radius 3 is 3.09 bits per heavy atom. The molecule has 3 aromatic rings. The number of benzene rings is 1. The number of carbonyl (C=O) groups excluding carboxylic acids is 1. The molecule has 0 radical (unpaired) electrons. The second kappa shape index (κ2) is 5.10. The largest absolute Gasteiger partial charge is 0.482 e. The summed E-state index contributed by atoms with van der Waals surface area (Å²) in [6, 6.07) is 9.66. The maximum absolute atomic E-state index is 11.5. The van der Waals surface area contributed by atoms with Gasteiger partial charge in [-0.15, -0.1) is 0 Å². The van der Waals surface area contributed by atoms with E-state index in [1.54, 1.807) is 0 Å². The van der Waals surface area contributed by atoms with Gasteiger partial charge in [0.2, 0.25) is 0 Å². The van der Waals surface area contributed by atoms with Gasteiger partial charge >= 0.3 is 0 Å². The van der Waals surface area contributed by atoms with Crippen LogP contribution in [0.5, 0.6) is 5.75 Å². The summed E-state index contributed by atoms with van der Waals surface area (Å²) in [7, 11) is 0. The van der Waals surface area contributed by atoms with Crippen molar-refractivity contribution in [2.24, 2.45) is 5.73 Å². The lowest BCUT2D eigenvalue weighted by atomic mass is 10.1. The minimum atomic E-state index is -0.153. The molecule has 0 aliphatic carbocycles. The number of imidazole rings is 1. The van der Waals surface area contributed by atoms with Crippen molar-refractivity contribution in [3.05, 3.63) is 47.8 Å². The Bertz CT molecular complexity index is 930. The normalized spacial score (nSPS) is 13.6. The predicted octanol–water partition coefficient (Wildman–Crippen LogP) is 2.10. The summed E-state index contributed by atoms with van der Waals surface area (Å²) in [5.41, 5.74) is 11.3. The van der Waals surface area contributed by atoms with Gasteiger partial charge in [0.1, 0.15) is 11.4 Å². The van der Waals surface area contributed by atoms with Gasteiger partial charge in [0.05, 0.1) is 17.1 Å². The molecule has 1 aliphatic rings. The number of rotatable bonds is 2. The second-order valence-corrected chi connectivity index (χ2v) is 5.54. The monoisotopic (exact) mass is 308 g/mol. The number of hydrogen-bond donors (Lipinski definition) is 2. The maximum Gasteiger partial charge on any atom is 0.262 e. The number of nitrogens with zero attached hydrogens (tertiary/aromatic N) is 2. The van der Waals surface area contributed by atoms with E-state index in [1.165, 1.54) is 0 Å². The van der Waals surface area contributed by atoms with Gasteiger partial charge in [-0.1, -0.05) is 6.07 Å². The fraction of sp³-hybridized carbons (Fsp3) is 0.176. The van der Waals surface area contributed by atoms with E-state index >= 15 is 0 Å². The number of fused-ring (bicyclic) bond motifs is 2. The summed E-state index contributed by atoms with van der Waals surface area (Å²) in [6.07, 6.45) is 1.96. The molecule has 0 saturated carbocycles. The van der Waals surface area contributed by atoms with Gasteiger partial charge in [0, 0.05) is 18.3 Å². The van der Waals surface area contributed by atoms with Gasteiger partial charge in [0.15, 0.2) is 6.61 Å². The summed E-state index contributed by atoms with van der Waals surface area (Å²) < 4.78 is 7.41. The van der Waals surface area contributed by atoms with E-state index in [2.05, 4.69) is 5.32 Å². The van der Waals surface area contributed by atoms with E-state index < -0.39 is 0 Å². The van der Waals surface area contributed by atoms with Gasteiger partial charge in [-0.25, -0.2) is 4.98 Å². The molecule has 1 aromatic carbocycles. The quantitative estimate of drug-likeness (QED) is 0.759. The number of hydrogen-bond acceptors (Lipinski definition) is 4. The lowest BCUT2D eigenvalue weighted by Gasteiger charge is -2.18. The van der Waals surface area contributed by atoms with Gasteiger partial charge in [0.25, 0.3) is 5.91 Å². The molecule has 116 valence electrons. The van der Waals surface area contributed by atoms with E-state index in [9.17, 15) is 4.79 Å². The fourth-order valence-corrected chi connectivity index (χ4v) is 2.91. The van der Waals surface area contributed by atoms with E-state index in [0.717, 1.165) is 28.2 Å². The van der Waals surface area contributed by atoms with Gasteiger partial charge in [-0.05, 0) is 36.8 Å². The first-order valence-corrected chi connectivity index (χ1v) is 7.41. The fourth-order valence-electron chi connectivity index (χ4n) is 2.91. The van der Waals surface area contributed by atoms with Crippen LogP contribution >= 0.6 is 0 Å². The highest BCUT2D eigenvalue weighted by Crippen LogP contribution is 2.34. The van der Waals surface area contributed by atoms with Gasteiger partial charge in [-0.2, -0.15) is 0 Å². The average Bonchev–Trinajstić information content (AvgIpc) is 2.94. The highest BCUT2D eigenvalue weighted by atomic mass is 16.5. The first-order valence-electron chi connectivity index (χ1n) is 7.41. The number of nitrogens with one attached hydrogen (secondary N) is 1. The van der Waals surface area contributed by atoms with Crippen molar-refractivity contribution in [2.45, 2.75) is 13.5 Å². The van der Waals surface area contributed by atoms with Crippen LogP contribution in [0.25, 0.3) is 16.9 Å². The second-order valence-electron chi connectivity index (χ2n) is 5.54. The third-order valence-corrected chi connectivity index (χ3v) is 4.02. The molecule has 0 atom stereocenters. The Morgan fingerprint density at radius 1 is 1.39 bits per heavy atom. The number of carbonyl (C=O) groups is 1. The van der Waals surface area contributed by atoms with Crippen LogP contribution in [0.3, 0.4) is 0 Å². The topological polar surface area (TPSA) is 81.7 Å². The van der Waals surface area contributed by atoms with Crippen molar-refractivity contribution in [3.8, 4) is 17.0 Å². The molecule has 23 heavy (non-hydrogen) atoms. The molecule has 1 amide bonds. The van der Waals surface area contributed by atoms with Gasteiger partial charge < -0.3 is 20.2 Å². The first-order chi connectivity index (χ1) is 11.2. The Balaban J connectivity index is 1.91. The summed E-state index contributed by atoms with van der Waals surface area (Å²) in [5.74, 6) is 0.516. The summed E-state index contributed by atoms with van der Waals surface area (Å²) >= 11 is 0.